The Morgan fingerprint density at radius 1 is 1.11 bits per heavy atom. The first kappa shape index (κ1) is 28.1. The number of nitrogens with one attached hydrogen (secondary N) is 1. The minimum Gasteiger partial charge on any atom is -0.494 e. The van der Waals surface area contributed by atoms with Gasteiger partial charge in [0.2, 0.25) is 0 Å². The Balaban J connectivity index is 1.49. The van der Waals surface area contributed by atoms with Crippen LogP contribution in [0.25, 0.3) is 0 Å². The summed E-state index contributed by atoms with van der Waals surface area (Å²) in [7, 11) is -0.482. The molecule has 1 aliphatic heterocycles. The normalized spacial score (nSPS) is 20.7. The van der Waals surface area contributed by atoms with Crippen LogP contribution in [0.1, 0.15) is 48.5 Å². The van der Waals surface area contributed by atoms with Gasteiger partial charge >= 0.3 is 7.75 Å². The van der Waals surface area contributed by atoms with Crippen LogP contribution < -0.4 is 9.82 Å². The van der Waals surface area contributed by atoms with Gasteiger partial charge in [-0.15, -0.1) is 0 Å². The van der Waals surface area contributed by atoms with Gasteiger partial charge < -0.3 is 28.7 Å². The number of aliphatic hydroxyl groups is 2. The molecule has 1 fully saturated rings. The Kier molecular flexibility index (Phi) is 11.0. The molecule has 1 heterocycles. The van der Waals surface area contributed by atoms with Crippen LogP contribution in [-0.2, 0) is 24.8 Å². The quantitative estimate of drug-likeness (QED) is 0.255. The predicted octanol–water partition coefficient (Wildman–Crippen LogP) is 4.65. The molecule has 2 aromatic rings. The Hall–Kier alpha value is -1.48. The number of hydrogen-bond acceptors (Lipinski definition) is 7. The van der Waals surface area contributed by atoms with E-state index in [1.165, 1.54) is 14.2 Å². The van der Waals surface area contributed by atoms with Crippen LogP contribution in [-0.4, -0.2) is 56.4 Å². The third kappa shape index (κ3) is 8.55. The van der Waals surface area contributed by atoms with Crippen molar-refractivity contribution in [3.05, 3.63) is 64.2 Å². The second kappa shape index (κ2) is 13.7. The molecule has 10 heteroatoms. The van der Waals surface area contributed by atoms with Gasteiger partial charge in [-0.2, -0.15) is 0 Å². The van der Waals surface area contributed by atoms with Crippen molar-refractivity contribution in [3.8, 4) is 5.75 Å². The minimum absolute atomic E-state index is 0.108. The molecule has 1 aliphatic rings. The summed E-state index contributed by atoms with van der Waals surface area (Å²) in [5.74, 6) is 0.778. The summed E-state index contributed by atoms with van der Waals surface area (Å²) in [4.78, 5) is 0. The zero-order chi connectivity index (χ0) is 25.3. The summed E-state index contributed by atoms with van der Waals surface area (Å²) in [5, 5.41) is 23.0. The smallest absolute Gasteiger partial charge is 0.404 e. The second-order valence-corrected chi connectivity index (χ2v) is 11.0. The highest BCUT2D eigenvalue weighted by molar-refractivity contribution is 7.51. The fourth-order valence-corrected chi connectivity index (χ4v) is 5.04. The van der Waals surface area contributed by atoms with Crippen molar-refractivity contribution in [1.82, 2.24) is 5.09 Å². The van der Waals surface area contributed by atoms with E-state index in [1.54, 1.807) is 0 Å². The fourth-order valence-electron chi connectivity index (χ4n) is 4.01. The number of hydrogen-bond donors (Lipinski definition) is 3. The summed E-state index contributed by atoms with van der Waals surface area (Å²) in [6.07, 6.45) is 2.03. The molecular weight excluding hydrogens is 493 g/mol. The van der Waals surface area contributed by atoms with Crippen LogP contribution in [0.15, 0.2) is 42.5 Å². The largest absolute Gasteiger partial charge is 0.494 e. The fraction of sp³-hybridized carbons (Fsp3) is 0.520. The van der Waals surface area contributed by atoms with Crippen molar-refractivity contribution in [1.29, 1.82) is 0 Å². The Morgan fingerprint density at radius 3 is 2.54 bits per heavy atom. The molecule has 3 N–H and O–H groups in total. The molecule has 0 bridgehead atoms. The Labute approximate surface area is 212 Å². The van der Waals surface area contributed by atoms with Gasteiger partial charge in [0.05, 0.1) is 31.5 Å². The third-order valence-electron chi connectivity index (χ3n) is 5.97. The number of aliphatic hydroxyl groups excluding tert-OH is 2. The lowest BCUT2D eigenvalue weighted by molar-refractivity contribution is -0.113. The van der Waals surface area contributed by atoms with Gasteiger partial charge in [0.1, 0.15) is 5.75 Å². The van der Waals surface area contributed by atoms with E-state index in [0.717, 1.165) is 35.3 Å². The third-order valence-corrected chi connectivity index (χ3v) is 7.91. The minimum atomic E-state index is -3.17. The summed E-state index contributed by atoms with van der Waals surface area (Å²) < 4.78 is 33.3. The van der Waals surface area contributed by atoms with E-state index in [-0.39, 0.29) is 18.8 Å². The average Bonchev–Trinajstić information content (AvgIpc) is 2.87. The van der Waals surface area contributed by atoms with E-state index in [0.29, 0.717) is 37.4 Å². The van der Waals surface area contributed by atoms with Gasteiger partial charge in [0.25, 0.3) is 0 Å². The first-order chi connectivity index (χ1) is 16.9. The molecule has 0 aromatic heterocycles. The molecule has 0 saturated carbocycles. The van der Waals surface area contributed by atoms with Gasteiger partial charge in [-0.05, 0) is 54.2 Å². The van der Waals surface area contributed by atoms with Gasteiger partial charge in [-0.25, -0.2) is 9.65 Å². The lowest BCUT2D eigenvalue weighted by Crippen LogP contribution is -2.33. The maximum atomic E-state index is 11.9. The van der Waals surface area contributed by atoms with Crippen LogP contribution in [0.3, 0.4) is 0 Å². The summed E-state index contributed by atoms with van der Waals surface area (Å²) >= 11 is 6.46. The maximum Gasteiger partial charge on any atom is 0.404 e. The molecule has 3 rings (SSSR count). The molecule has 3 unspecified atom stereocenters. The lowest BCUT2D eigenvalue weighted by atomic mass is 9.94. The number of benzene rings is 2. The number of ether oxygens (including phenoxy) is 2. The molecule has 8 nitrogen and oxygen atoms in total. The van der Waals surface area contributed by atoms with Crippen LogP contribution in [0.5, 0.6) is 5.75 Å². The van der Waals surface area contributed by atoms with Crippen molar-refractivity contribution in [2.75, 3.05) is 34.0 Å². The molecule has 2 aromatic carbocycles. The first-order valence-electron chi connectivity index (χ1n) is 11.8. The van der Waals surface area contributed by atoms with Crippen molar-refractivity contribution in [2.24, 2.45) is 0 Å². The zero-order valence-corrected chi connectivity index (χ0v) is 21.8. The van der Waals surface area contributed by atoms with E-state index < -0.39 is 13.9 Å². The molecule has 0 radical (unpaired) electrons. The molecule has 35 heavy (non-hydrogen) atoms. The topological polar surface area (TPSA) is 106 Å². The van der Waals surface area contributed by atoms with Crippen molar-refractivity contribution in [3.63, 3.8) is 0 Å². The van der Waals surface area contributed by atoms with Gasteiger partial charge in [-0.1, -0.05) is 35.9 Å². The molecule has 0 spiro atoms. The highest BCUT2D eigenvalue weighted by Gasteiger charge is 2.29. The average molecular weight is 528 g/mol. The Bertz CT molecular complexity index is 967. The van der Waals surface area contributed by atoms with E-state index >= 15 is 0 Å². The van der Waals surface area contributed by atoms with Crippen LogP contribution in [0, 0.1) is 0 Å². The van der Waals surface area contributed by atoms with Crippen molar-refractivity contribution < 1.29 is 33.3 Å². The predicted molar refractivity (Wildman–Crippen MR) is 135 cm³/mol. The molecule has 194 valence electrons. The van der Waals surface area contributed by atoms with Gasteiger partial charge in [0, 0.05) is 38.6 Å². The summed E-state index contributed by atoms with van der Waals surface area (Å²) in [6.45, 7) is 0.941. The number of unbranched alkanes of at least 4 members (excludes halogenated alkanes) is 1. The molecular formula is C25H35ClNO7P. The lowest BCUT2D eigenvalue weighted by Gasteiger charge is -2.32. The van der Waals surface area contributed by atoms with Crippen LogP contribution in [0.2, 0.25) is 5.02 Å². The van der Waals surface area contributed by atoms with E-state index in [4.69, 9.17) is 30.1 Å². The van der Waals surface area contributed by atoms with Gasteiger partial charge in [0.15, 0.2) is 0 Å². The van der Waals surface area contributed by atoms with Crippen LogP contribution in [0.4, 0.5) is 0 Å². The summed E-state index contributed by atoms with van der Waals surface area (Å²) in [5.41, 5.74) is 3.01. The standard InChI is InChI=1S/C25H35ClNO7P/c1-31-35(30,32-2)27-11-3-4-12-33-22-8-5-18(6-9-22)13-20-14-19(7-10-24(20)26)25-16-21(29)15-23(17-28)34-25/h5-10,14,21,23,25,28-29H,3-4,11-13,15-17H2,1-2H3,(H,27,30). The summed E-state index contributed by atoms with van der Waals surface area (Å²) in [6, 6.07) is 13.7. The van der Waals surface area contributed by atoms with E-state index in [2.05, 4.69) is 5.09 Å². The molecule has 3 atom stereocenters. The number of rotatable bonds is 13. The number of halogens is 1. The monoisotopic (exact) mass is 527 g/mol. The van der Waals surface area contributed by atoms with Crippen molar-refractivity contribution >= 4 is 19.3 Å². The highest BCUT2D eigenvalue weighted by atomic mass is 35.5. The molecule has 1 saturated heterocycles. The molecule has 0 aliphatic carbocycles. The van der Waals surface area contributed by atoms with E-state index in [9.17, 15) is 14.8 Å². The zero-order valence-electron chi connectivity index (χ0n) is 20.2. The maximum absolute atomic E-state index is 11.9. The highest BCUT2D eigenvalue weighted by Crippen LogP contribution is 2.41. The molecule has 0 amide bonds. The van der Waals surface area contributed by atoms with Crippen LogP contribution >= 0.6 is 19.3 Å². The van der Waals surface area contributed by atoms with E-state index in [1.807, 2.05) is 42.5 Å². The Morgan fingerprint density at radius 2 is 1.86 bits per heavy atom. The van der Waals surface area contributed by atoms with Crippen molar-refractivity contribution in [2.45, 2.75) is 50.4 Å². The first-order valence-corrected chi connectivity index (χ1v) is 13.7. The van der Waals surface area contributed by atoms with Gasteiger partial charge in [-0.3, -0.25) is 0 Å². The SMILES string of the molecule is COP(=O)(NCCCCOc1ccc(Cc2cc(C3CC(O)CC(CO)O3)ccc2Cl)cc1)OC. The second-order valence-electron chi connectivity index (χ2n) is 8.55.